The molecule has 0 aliphatic rings. The molecule has 0 saturated carbocycles. The summed E-state index contributed by atoms with van der Waals surface area (Å²) in [6, 6.07) is 15.5. The van der Waals surface area contributed by atoms with E-state index in [1.807, 2.05) is 13.8 Å². The largest absolute Gasteiger partial charge is 0.481 e. The third kappa shape index (κ3) is 15.2. The molecular formula is C37H46F6N4O9S2. The van der Waals surface area contributed by atoms with Gasteiger partial charge in [0, 0.05) is 23.8 Å². The third-order valence-corrected chi connectivity index (χ3v) is 10.5. The number of sulfonamides is 2. The number of anilines is 2. The molecule has 0 saturated heterocycles. The van der Waals surface area contributed by atoms with Crippen molar-refractivity contribution in [2.75, 3.05) is 16.6 Å². The van der Waals surface area contributed by atoms with Crippen molar-refractivity contribution in [3.05, 3.63) is 107 Å². The number of hydrogen-bond donors (Lipinski definition) is 3. The van der Waals surface area contributed by atoms with E-state index >= 15 is 0 Å². The van der Waals surface area contributed by atoms with Gasteiger partial charge in [-0.15, -0.1) is 0 Å². The van der Waals surface area contributed by atoms with Gasteiger partial charge in [-0.2, -0.15) is 43.2 Å². The first-order chi connectivity index (χ1) is 25.6. The van der Waals surface area contributed by atoms with Crippen molar-refractivity contribution in [3.63, 3.8) is 0 Å². The number of carboxylic acid groups (broad SMARTS) is 1. The van der Waals surface area contributed by atoms with Crippen LogP contribution in [0.2, 0.25) is 0 Å². The predicted molar refractivity (Wildman–Crippen MR) is 205 cm³/mol. The molecule has 0 radical (unpaired) electrons. The van der Waals surface area contributed by atoms with Gasteiger partial charge in [0.05, 0.1) is 31.1 Å². The molecule has 0 spiro atoms. The summed E-state index contributed by atoms with van der Waals surface area (Å²) in [5.41, 5.74) is -0.348. The monoisotopic (exact) mass is 868 g/mol. The van der Waals surface area contributed by atoms with Gasteiger partial charge in [-0.1, -0.05) is 53.0 Å². The first kappa shape index (κ1) is 52.7. The number of esters is 1. The Hall–Kier alpha value is -5.28. The first-order valence-corrected chi connectivity index (χ1v) is 19.2. The number of carboxylic acids is 1. The van der Waals surface area contributed by atoms with Gasteiger partial charge in [0.1, 0.15) is 0 Å². The van der Waals surface area contributed by atoms with Crippen molar-refractivity contribution in [3.8, 4) is 0 Å². The van der Waals surface area contributed by atoms with Gasteiger partial charge in [0.15, 0.2) is 10.1 Å². The van der Waals surface area contributed by atoms with Crippen LogP contribution in [0.15, 0.2) is 95.2 Å². The fourth-order valence-electron chi connectivity index (χ4n) is 5.03. The van der Waals surface area contributed by atoms with Gasteiger partial charge in [0.25, 0.3) is 20.0 Å². The van der Waals surface area contributed by atoms with Crippen LogP contribution in [0, 0.1) is 0 Å². The maximum atomic E-state index is 12.6. The van der Waals surface area contributed by atoms with Crippen LogP contribution in [-0.4, -0.2) is 56.4 Å². The SMILES string of the molecule is C.C.CCC(CC(=O)O)c1cccc(NS(=O)(=O)c2ccc(C(F)(F)F)cn2)c1.CCC(CC(=O)OC)c1cccc(NS(=O)(=O)c2ccc(C(F)(F)F)cn2)c1.O. The van der Waals surface area contributed by atoms with Crippen molar-refractivity contribution < 1.29 is 68.1 Å². The Labute approximate surface area is 333 Å². The Morgan fingerprint density at radius 1 is 0.690 bits per heavy atom. The van der Waals surface area contributed by atoms with Gasteiger partial charge in [-0.25, -0.2) is 9.97 Å². The molecule has 2 aromatic heterocycles. The van der Waals surface area contributed by atoms with E-state index in [-0.39, 0.29) is 62.4 Å². The Balaban J connectivity index is 0.00000107. The topological polar surface area (TPSA) is 213 Å². The Morgan fingerprint density at radius 2 is 1.07 bits per heavy atom. The number of pyridine rings is 2. The second kappa shape index (κ2) is 22.0. The average molecular weight is 869 g/mol. The van der Waals surface area contributed by atoms with Crippen molar-refractivity contribution in [1.82, 2.24) is 9.97 Å². The number of aliphatic carboxylic acids is 1. The predicted octanol–water partition coefficient (Wildman–Crippen LogP) is 8.27. The van der Waals surface area contributed by atoms with E-state index in [9.17, 15) is 52.8 Å². The number of ether oxygens (including phenoxy) is 1. The summed E-state index contributed by atoms with van der Waals surface area (Å²) < 4.78 is 134. The standard InChI is InChI=1S/C18H19F3N2O4S.C17H17F3N2O4S.2CH4.H2O/c1-3-12(10-17(24)27-2)13-5-4-6-15(9-13)23-28(25,26)16-8-7-14(11-22-16)18(19,20)21;1-2-11(9-16(23)24)12-4-3-5-14(8-12)22-27(25,26)15-7-6-13(10-21-15)17(18,19)20;;;/h4-9,11-12,23H,3,10H2,1-2H3;3-8,10-11,22H,2,9H2,1H3,(H,23,24);2*1H4;1H2. The lowest BCUT2D eigenvalue weighted by Gasteiger charge is -2.16. The zero-order chi connectivity index (χ0) is 41.2. The summed E-state index contributed by atoms with van der Waals surface area (Å²) in [7, 11) is -7.08. The lowest BCUT2D eigenvalue weighted by atomic mass is 9.93. The number of halogens is 6. The van der Waals surface area contributed by atoms with E-state index in [2.05, 4.69) is 24.1 Å². The molecule has 0 amide bonds. The Morgan fingerprint density at radius 3 is 1.36 bits per heavy atom. The van der Waals surface area contributed by atoms with Crippen LogP contribution in [0.4, 0.5) is 37.7 Å². The summed E-state index contributed by atoms with van der Waals surface area (Å²) >= 11 is 0. The number of nitrogens with zero attached hydrogens (tertiary/aromatic N) is 2. The number of rotatable bonds is 14. The molecule has 0 bridgehead atoms. The number of carbonyl (C=O) groups is 2. The second-order valence-corrected chi connectivity index (χ2v) is 15.1. The molecule has 4 rings (SSSR count). The zero-order valence-electron chi connectivity index (χ0n) is 29.8. The smallest absolute Gasteiger partial charge is 0.417 e. The number of alkyl halides is 6. The molecule has 2 aromatic carbocycles. The van der Waals surface area contributed by atoms with E-state index in [1.54, 1.807) is 30.3 Å². The maximum Gasteiger partial charge on any atom is 0.417 e. The lowest BCUT2D eigenvalue weighted by molar-refractivity contribution is -0.141. The average Bonchev–Trinajstić information content (AvgIpc) is 3.12. The number of carbonyl (C=O) groups excluding carboxylic acids is 1. The van der Waals surface area contributed by atoms with Gasteiger partial charge >= 0.3 is 24.3 Å². The van der Waals surface area contributed by atoms with E-state index in [1.165, 1.54) is 25.3 Å². The van der Waals surface area contributed by atoms with E-state index in [0.29, 0.717) is 42.9 Å². The third-order valence-electron chi connectivity index (χ3n) is 7.95. The molecule has 5 N–H and O–H groups in total. The van der Waals surface area contributed by atoms with E-state index in [0.717, 1.165) is 17.7 Å². The van der Waals surface area contributed by atoms with Crippen molar-refractivity contribution in [1.29, 1.82) is 0 Å². The van der Waals surface area contributed by atoms with Crippen LogP contribution in [0.25, 0.3) is 0 Å². The fraction of sp³-hybridized carbons (Fsp3) is 0.351. The summed E-state index contributed by atoms with van der Waals surface area (Å²) in [6.45, 7) is 3.70. The number of hydrogen-bond acceptors (Lipinski definition) is 9. The molecule has 322 valence electrons. The minimum absolute atomic E-state index is 0. The van der Waals surface area contributed by atoms with E-state index < -0.39 is 59.5 Å². The minimum Gasteiger partial charge on any atom is -0.481 e. The van der Waals surface area contributed by atoms with Crippen molar-refractivity contribution in [2.45, 2.75) is 88.6 Å². The van der Waals surface area contributed by atoms with Gasteiger partial charge in [-0.05, 0) is 84.3 Å². The number of nitrogens with one attached hydrogen (secondary N) is 2. The summed E-state index contributed by atoms with van der Waals surface area (Å²) in [5, 5.41) is 7.87. The molecule has 2 heterocycles. The highest BCUT2D eigenvalue weighted by molar-refractivity contribution is 7.93. The molecule has 4 aromatic rings. The highest BCUT2D eigenvalue weighted by Gasteiger charge is 2.32. The summed E-state index contributed by atoms with van der Waals surface area (Å²) in [6.07, 6.45) is -7.09. The second-order valence-electron chi connectivity index (χ2n) is 11.8. The summed E-state index contributed by atoms with van der Waals surface area (Å²) in [4.78, 5) is 29.3. The van der Waals surface area contributed by atoms with Crippen LogP contribution >= 0.6 is 0 Å². The highest BCUT2D eigenvalue weighted by atomic mass is 32.2. The van der Waals surface area contributed by atoms with E-state index in [4.69, 9.17) is 5.11 Å². The fourth-order valence-corrected chi connectivity index (χ4v) is 6.99. The zero-order valence-corrected chi connectivity index (χ0v) is 31.5. The molecule has 58 heavy (non-hydrogen) atoms. The number of aromatic nitrogens is 2. The molecular weight excluding hydrogens is 823 g/mol. The highest BCUT2D eigenvalue weighted by Crippen LogP contribution is 2.31. The number of benzene rings is 2. The molecule has 0 aliphatic carbocycles. The van der Waals surface area contributed by atoms with Crippen LogP contribution in [-0.2, 0) is 46.7 Å². The van der Waals surface area contributed by atoms with Crippen molar-refractivity contribution in [2.24, 2.45) is 0 Å². The van der Waals surface area contributed by atoms with Crippen molar-refractivity contribution >= 4 is 43.4 Å². The molecule has 13 nitrogen and oxygen atoms in total. The van der Waals surface area contributed by atoms with Gasteiger partial charge in [0.2, 0.25) is 0 Å². The molecule has 2 atom stereocenters. The normalized spacial score (nSPS) is 12.4. The van der Waals surface area contributed by atoms with Crippen LogP contribution in [0.3, 0.4) is 0 Å². The Kier molecular flexibility index (Phi) is 20.0. The molecule has 2 unspecified atom stereocenters. The van der Waals surface area contributed by atoms with Crippen LogP contribution < -0.4 is 9.44 Å². The minimum atomic E-state index is -4.61. The molecule has 0 aliphatic heterocycles. The molecule has 0 fully saturated rings. The van der Waals surface area contributed by atoms with Gasteiger partial charge in [-0.3, -0.25) is 19.0 Å². The van der Waals surface area contributed by atoms with Crippen LogP contribution in [0.5, 0.6) is 0 Å². The summed E-state index contributed by atoms with van der Waals surface area (Å²) in [5.74, 6) is -1.81. The van der Waals surface area contributed by atoms with Gasteiger partial charge < -0.3 is 15.3 Å². The maximum absolute atomic E-state index is 12.6. The van der Waals surface area contributed by atoms with Crippen LogP contribution in [0.1, 0.15) is 88.5 Å². The lowest BCUT2D eigenvalue weighted by Crippen LogP contribution is -2.16. The quantitative estimate of drug-likeness (QED) is 0.0815. The molecule has 21 heteroatoms. The number of methoxy groups -OCH3 is 1. The first-order valence-electron chi connectivity index (χ1n) is 16.2. The Bertz CT molecular complexity index is 2150.